The maximum absolute atomic E-state index is 5.24. The van der Waals surface area contributed by atoms with Gasteiger partial charge in [-0.05, 0) is 24.1 Å². The minimum absolute atomic E-state index is 0.715. The van der Waals surface area contributed by atoms with Gasteiger partial charge < -0.3 is 4.74 Å². The Hall–Kier alpha value is -1.00. The third kappa shape index (κ3) is 0.872. The average molecular weight is 132 g/mol. The summed E-state index contributed by atoms with van der Waals surface area (Å²) in [6, 6.07) is 9.95. The third-order valence-corrected chi connectivity index (χ3v) is 1.74. The molecule has 0 fully saturated rings. The van der Waals surface area contributed by atoms with E-state index in [1.165, 1.54) is 11.1 Å². The van der Waals surface area contributed by atoms with Gasteiger partial charge in [-0.15, -0.1) is 0 Å². The molecule has 0 aliphatic carbocycles. The van der Waals surface area contributed by atoms with Crippen molar-refractivity contribution in [1.82, 2.24) is 0 Å². The first kappa shape index (κ1) is 5.76. The lowest BCUT2D eigenvalue weighted by Crippen LogP contribution is -2.08. The monoisotopic (exact) mass is 132 g/mol. The number of hydrogen-bond acceptors (Lipinski definition) is 1. The zero-order valence-corrected chi connectivity index (χ0v) is 5.68. The summed E-state index contributed by atoms with van der Waals surface area (Å²) in [5.41, 5.74) is 2.54. The maximum Gasteiger partial charge on any atom is 0.0798 e. The number of hydrogen-bond donors (Lipinski definition) is 0. The van der Waals surface area contributed by atoms with Gasteiger partial charge in [0.05, 0.1) is 13.2 Å². The van der Waals surface area contributed by atoms with Crippen LogP contribution in [0.5, 0.6) is 0 Å². The summed E-state index contributed by atoms with van der Waals surface area (Å²) in [7, 11) is 0. The third-order valence-electron chi connectivity index (χ3n) is 1.74. The Morgan fingerprint density at radius 3 is 3.40 bits per heavy atom. The van der Waals surface area contributed by atoms with E-state index >= 15 is 0 Å². The van der Waals surface area contributed by atoms with Crippen LogP contribution in [0.1, 0.15) is 11.1 Å². The molecule has 1 aromatic carbocycles. The highest BCUT2D eigenvalue weighted by molar-refractivity contribution is 5.23. The fourth-order valence-corrected chi connectivity index (χ4v) is 1.17. The van der Waals surface area contributed by atoms with Crippen molar-refractivity contribution in [3.63, 3.8) is 0 Å². The van der Waals surface area contributed by atoms with E-state index in [-0.39, 0.29) is 0 Å². The van der Waals surface area contributed by atoms with E-state index in [1.54, 1.807) is 0 Å². The van der Waals surface area contributed by atoms with Gasteiger partial charge in [-0.3, -0.25) is 0 Å². The second-order valence-electron chi connectivity index (χ2n) is 2.41. The molecule has 0 atom stereocenters. The van der Waals surface area contributed by atoms with Gasteiger partial charge in [0.25, 0.3) is 0 Å². The van der Waals surface area contributed by atoms with Crippen molar-refractivity contribution in [3.8, 4) is 0 Å². The van der Waals surface area contributed by atoms with Crippen molar-refractivity contribution in [3.05, 3.63) is 35.4 Å². The molecule has 1 aliphatic heterocycles. The average Bonchev–Trinajstić information content (AvgIpc) is 2.05. The van der Waals surface area contributed by atoms with E-state index in [9.17, 15) is 0 Å². The first-order valence-corrected chi connectivity index (χ1v) is 3.45. The fraction of sp³-hybridized carbons (Fsp3) is 0.333. The molecule has 1 heteroatoms. The molecule has 0 unspecified atom stereocenters. The highest BCUT2D eigenvalue weighted by atomic mass is 16.5. The Morgan fingerprint density at radius 1 is 1.50 bits per heavy atom. The van der Waals surface area contributed by atoms with Crippen molar-refractivity contribution >= 4 is 0 Å². The summed E-state index contributed by atoms with van der Waals surface area (Å²) in [6.45, 7) is 1.57. The van der Waals surface area contributed by atoms with Gasteiger partial charge in [0.1, 0.15) is 0 Å². The quantitative estimate of drug-likeness (QED) is 0.518. The predicted octanol–water partition coefficient (Wildman–Crippen LogP) is 1.36. The van der Waals surface area contributed by atoms with Crippen LogP contribution >= 0.6 is 0 Å². The minimum atomic E-state index is 0.715. The Morgan fingerprint density at radius 2 is 2.50 bits per heavy atom. The van der Waals surface area contributed by atoms with E-state index < -0.39 is 0 Å². The van der Waals surface area contributed by atoms with Crippen LogP contribution in [0.3, 0.4) is 0 Å². The van der Waals surface area contributed by atoms with Crippen LogP contribution in [-0.4, -0.2) is 6.61 Å². The van der Waals surface area contributed by atoms with Crippen LogP contribution in [0.4, 0.5) is 0 Å². The van der Waals surface area contributed by atoms with E-state index in [0.29, 0.717) is 6.61 Å². The second-order valence-corrected chi connectivity index (χ2v) is 2.41. The van der Waals surface area contributed by atoms with Crippen molar-refractivity contribution < 1.29 is 4.74 Å². The van der Waals surface area contributed by atoms with Gasteiger partial charge in [0, 0.05) is 5.56 Å². The molecule has 0 saturated heterocycles. The zero-order chi connectivity index (χ0) is 6.81. The van der Waals surface area contributed by atoms with Crippen molar-refractivity contribution in [2.45, 2.75) is 13.0 Å². The first-order valence-electron chi connectivity index (χ1n) is 3.45. The van der Waals surface area contributed by atoms with Gasteiger partial charge in [-0.2, -0.15) is 0 Å². The van der Waals surface area contributed by atoms with Crippen LogP contribution in [0.15, 0.2) is 12.1 Å². The lowest BCUT2D eigenvalue weighted by atomic mass is 10.1. The fourth-order valence-electron chi connectivity index (χ4n) is 1.17. The number of rotatable bonds is 0. The summed E-state index contributed by atoms with van der Waals surface area (Å²) in [5, 5.41) is 0. The van der Waals surface area contributed by atoms with Crippen molar-refractivity contribution in [2.75, 3.05) is 6.61 Å². The van der Waals surface area contributed by atoms with E-state index in [2.05, 4.69) is 18.2 Å². The van der Waals surface area contributed by atoms with Crippen LogP contribution < -0.4 is 0 Å². The molecule has 0 N–H and O–H groups in total. The van der Waals surface area contributed by atoms with Gasteiger partial charge in [-0.25, -0.2) is 0 Å². The van der Waals surface area contributed by atoms with Crippen LogP contribution in [0.25, 0.3) is 0 Å². The molecule has 0 bridgehead atoms. The molecule has 0 saturated carbocycles. The number of ether oxygens (including phenoxy) is 1. The Kier molecular flexibility index (Phi) is 1.34. The molecule has 1 nitrogen and oxygen atoms in total. The van der Waals surface area contributed by atoms with Gasteiger partial charge in [0.2, 0.25) is 0 Å². The van der Waals surface area contributed by atoms with Gasteiger partial charge in [0.15, 0.2) is 0 Å². The molecule has 0 spiro atoms. The molecular formula is C9H8O. The normalized spacial score (nSPS) is 15.6. The zero-order valence-electron chi connectivity index (χ0n) is 5.68. The van der Waals surface area contributed by atoms with Gasteiger partial charge >= 0.3 is 0 Å². The predicted molar refractivity (Wildman–Crippen MR) is 37.5 cm³/mol. The largest absolute Gasteiger partial charge is 0.376 e. The molecule has 0 amide bonds. The van der Waals surface area contributed by atoms with Gasteiger partial charge in [-0.1, -0.05) is 12.1 Å². The Balaban J connectivity index is 2.41. The molecule has 1 aromatic rings. The lowest BCUT2D eigenvalue weighted by molar-refractivity contribution is 0.111. The Bertz CT molecular complexity index is 205. The minimum Gasteiger partial charge on any atom is -0.376 e. The highest BCUT2D eigenvalue weighted by Crippen LogP contribution is 2.12. The topological polar surface area (TPSA) is 9.23 Å². The molecule has 50 valence electrons. The van der Waals surface area contributed by atoms with Crippen LogP contribution in [0.2, 0.25) is 0 Å². The molecule has 1 aliphatic rings. The SMILES string of the molecule is c1ccc2c(c#1)COCC2. The summed E-state index contributed by atoms with van der Waals surface area (Å²) in [5.74, 6) is 0. The van der Waals surface area contributed by atoms with Crippen LogP contribution in [-0.2, 0) is 17.8 Å². The molecular weight excluding hydrogens is 124 g/mol. The van der Waals surface area contributed by atoms with Crippen LogP contribution in [0, 0.1) is 12.1 Å². The van der Waals surface area contributed by atoms with Crippen molar-refractivity contribution in [1.29, 1.82) is 0 Å². The van der Waals surface area contributed by atoms with E-state index in [1.807, 2.05) is 6.07 Å². The van der Waals surface area contributed by atoms with Crippen molar-refractivity contribution in [2.24, 2.45) is 0 Å². The molecule has 2 rings (SSSR count). The standard InChI is InChI=1S/C9H8O/c1-2-4-9-7-10-6-5-8(9)3-1/h1,3H,5-7H2. The molecule has 1 heterocycles. The summed E-state index contributed by atoms with van der Waals surface area (Å²) in [6.07, 6.45) is 1.03. The molecule has 10 heavy (non-hydrogen) atoms. The van der Waals surface area contributed by atoms with E-state index in [4.69, 9.17) is 4.74 Å². The first-order chi connectivity index (χ1) is 4.97. The molecule has 0 radical (unpaired) electrons. The number of fused-ring (bicyclic) bond motifs is 1. The summed E-state index contributed by atoms with van der Waals surface area (Å²) >= 11 is 0. The summed E-state index contributed by atoms with van der Waals surface area (Å²) < 4.78 is 5.24. The van der Waals surface area contributed by atoms with E-state index in [0.717, 1.165) is 13.0 Å². The smallest absolute Gasteiger partial charge is 0.0798 e. The lowest BCUT2D eigenvalue weighted by Gasteiger charge is -2.12. The Labute approximate surface area is 60.6 Å². The highest BCUT2D eigenvalue weighted by Gasteiger charge is 2.06. The second kappa shape index (κ2) is 2.32. The summed E-state index contributed by atoms with van der Waals surface area (Å²) in [4.78, 5) is 0. The maximum atomic E-state index is 5.24. The molecule has 0 aromatic heterocycles.